The van der Waals surface area contributed by atoms with E-state index < -0.39 is 0 Å². The molecule has 0 aromatic rings. The van der Waals surface area contributed by atoms with E-state index in [1.54, 1.807) is 0 Å². The van der Waals surface area contributed by atoms with Gasteiger partial charge >= 0.3 is 17.1 Å². The molecule has 0 atom stereocenters. The standard InChI is InChI=1S/4CO.2BrH.Mn/c4*1-2;;;/h;;;;2*1H;/q;;;;;;+2/p-2. The molecule has 0 spiro atoms. The fraction of sp³-hybridized carbons (Fsp3) is 0. The molecule has 0 aliphatic heterocycles. The molecule has 0 saturated heterocycles. The summed E-state index contributed by atoms with van der Waals surface area (Å²) < 4.78 is 0. The molecule has 0 aliphatic rings. The fourth-order valence-corrected chi connectivity index (χ4v) is 0. The van der Waals surface area contributed by atoms with Crippen LogP contribution in [0.25, 0.3) is 0 Å². The van der Waals surface area contributed by atoms with E-state index in [4.69, 9.17) is 19.2 Å². The number of hydrogen-bond acceptors (Lipinski definition) is 4. The first kappa shape index (κ1) is 66.6. The minimum absolute atomic E-state index is 0. The second-order valence-electron chi connectivity index (χ2n) is 0. The van der Waals surface area contributed by atoms with Gasteiger partial charge in [-0.3, -0.25) is 19.2 Å². The van der Waals surface area contributed by atoms with Crippen molar-refractivity contribution in [3.05, 3.63) is 0 Å². The van der Waals surface area contributed by atoms with Crippen molar-refractivity contribution in [1.29, 1.82) is 0 Å². The van der Waals surface area contributed by atoms with E-state index in [0.29, 0.717) is 0 Å². The average molecular weight is 327 g/mol. The average Bonchev–Trinajstić information content (AvgIpc) is 2.03. The third-order valence-corrected chi connectivity index (χ3v) is 0. The van der Waals surface area contributed by atoms with Crippen LogP contribution in [0.5, 0.6) is 0 Å². The Kier molecular flexibility index (Phi) is 203000. The molecule has 0 saturated carbocycles. The van der Waals surface area contributed by atoms with E-state index in [-0.39, 0.29) is 51.0 Å². The van der Waals surface area contributed by atoms with Crippen molar-refractivity contribution in [2.45, 2.75) is 0 Å². The first-order chi connectivity index (χ1) is 4.00. The molecular formula is C4Br2MnO4. The summed E-state index contributed by atoms with van der Waals surface area (Å²) in [4.78, 5) is 30.0. The maximum Gasteiger partial charge on any atom is 2.00 e. The zero-order chi connectivity index (χ0) is 8.00. The van der Waals surface area contributed by atoms with Crippen LogP contribution < -0.4 is 34.0 Å². The van der Waals surface area contributed by atoms with Gasteiger partial charge in [0.1, 0.15) is 0 Å². The van der Waals surface area contributed by atoms with E-state index in [0.717, 1.165) is 0 Å². The number of carbonyl (C=O) groups excluding carboxylic acids is 4. The molecular weight excluding hydrogens is 327 g/mol. The van der Waals surface area contributed by atoms with Gasteiger partial charge in [-0.1, -0.05) is 0 Å². The van der Waals surface area contributed by atoms with Gasteiger partial charge in [-0.2, -0.15) is 0 Å². The van der Waals surface area contributed by atoms with E-state index in [1.165, 1.54) is 0 Å². The quantitative estimate of drug-likeness (QED) is 0.415. The Morgan fingerprint density at radius 1 is 0.455 bits per heavy atom. The maximum absolute atomic E-state index is 7.50. The second-order valence-corrected chi connectivity index (χ2v) is 0. The van der Waals surface area contributed by atoms with Gasteiger partial charge in [0.15, 0.2) is 0 Å². The molecule has 4 nitrogen and oxygen atoms in total. The van der Waals surface area contributed by atoms with Crippen LogP contribution in [0.15, 0.2) is 0 Å². The van der Waals surface area contributed by atoms with Crippen molar-refractivity contribution in [2.75, 3.05) is 0 Å². The molecule has 0 heterocycles. The smallest absolute Gasteiger partial charge is 1.00 e. The largest absolute Gasteiger partial charge is 2.00 e. The van der Waals surface area contributed by atoms with Gasteiger partial charge in [-0.05, 0) is 0 Å². The Bertz CT molecular complexity index is 28.1. The minimum atomic E-state index is 0. The molecule has 7 heteroatoms. The zero-order valence-electron chi connectivity index (χ0n) is 4.77. The number of rotatable bonds is 0. The number of halogens is 2. The minimum Gasteiger partial charge on any atom is -1.00 e. The van der Waals surface area contributed by atoms with Crippen LogP contribution in [0, 0.1) is 0 Å². The van der Waals surface area contributed by atoms with Crippen molar-refractivity contribution in [3.8, 4) is 0 Å². The molecule has 11 heavy (non-hydrogen) atoms. The topological polar surface area (TPSA) is 68.3 Å². The summed E-state index contributed by atoms with van der Waals surface area (Å²) in [6.45, 7) is 18.0. The predicted octanol–water partition coefficient (Wildman–Crippen LogP) is -7.58. The molecule has 0 aliphatic carbocycles. The van der Waals surface area contributed by atoms with Crippen LogP contribution in [-0.4, -0.2) is 27.2 Å². The Morgan fingerprint density at radius 3 is 0.455 bits per heavy atom. The van der Waals surface area contributed by atoms with Gasteiger partial charge < -0.3 is 34.0 Å². The Labute approximate surface area is 97.1 Å². The van der Waals surface area contributed by atoms with Gasteiger partial charge in [-0.15, -0.1) is 0 Å². The molecule has 0 bridgehead atoms. The van der Waals surface area contributed by atoms with Gasteiger partial charge in [0, 0.05) is 0 Å². The Balaban J connectivity index is -0.00000000356. The summed E-state index contributed by atoms with van der Waals surface area (Å²) in [7, 11) is 0. The normalized spacial score (nSPS) is 1.45. The van der Waals surface area contributed by atoms with Crippen LogP contribution in [0.1, 0.15) is 0 Å². The molecule has 0 rings (SSSR count). The number of hydrogen-bond donors (Lipinski definition) is 0. The Morgan fingerprint density at radius 2 is 0.455 bits per heavy atom. The molecule has 0 amide bonds. The van der Waals surface area contributed by atoms with Gasteiger partial charge in [0.05, 0.1) is 0 Å². The third kappa shape index (κ3) is 26600. The predicted molar refractivity (Wildman–Crippen MR) is 22.8 cm³/mol. The summed E-state index contributed by atoms with van der Waals surface area (Å²) >= 11 is 0. The summed E-state index contributed by atoms with van der Waals surface area (Å²) in [6, 6.07) is 0. The van der Waals surface area contributed by atoms with Crippen molar-refractivity contribution in [3.63, 3.8) is 0 Å². The molecule has 0 unspecified atom stereocenters. The molecule has 0 N–H and O–H groups in total. The van der Waals surface area contributed by atoms with Crippen molar-refractivity contribution in [1.82, 2.24) is 0 Å². The third-order valence-electron chi connectivity index (χ3n) is 0. The van der Waals surface area contributed by atoms with Crippen LogP contribution in [0.2, 0.25) is 0 Å². The van der Waals surface area contributed by atoms with E-state index >= 15 is 0 Å². The summed E-state index contributed by atoms with van der Waals surface area (Å²) in [6.07, 6.45) is 0. The maximum atomic E-state index is 7.50. The Hall–Kier alpha value is 0.159. The van der Waals surface area contributed by atoms with Crippen molar-refractivity contribution in [2.24, 2.45) is 0 Å². The SMILES string of the molecule is [Br-].[Br-].[C]=O.[C]=O.[C]=O.[C]=O.[Mn+2]. The molecule has 0 aromatic heterocycles. The monoisotopic (exact) mass is 325 g/mol. The van der Waals surface area contributed by atoms with Crippen LogP contribution in [-0.2, 0) is 36.2 Å². The van der Waals surface area contributed by atoms with Crippen molar-refractivity contribution >= 4 is 27.2 Å². The van der Waals surface area contributed by atoms with Gasteiger partial charge in [0.25, 0.3) is 27.2 Å². The van der Waals surface area contributed by atoms with Crippen LogP contribution in [0.4, 0.5) is 0 Å². The van der Waals surface area contributed by atoms with Crippen LogP contribution >= 0.6 is 0 Å². The van der Waals surface area contributed by atoms with Crippen molar-refractivity contribution < 1.29 is 70.2 Å². The summed E-state index contributed by atoms with van der Waals surface area (Å²) in [5.74, 6) is 0. The van der Waals surface area contributed by atoms with Gasteiger partial charge in [-0.25, -0.2) is 0 Å². The summed E-state index contributed by atoms with van der Waals surface area (Å²) in [5.41, 5.74) is 0. The summed E-state index contributed by atoms with van der Waals surface area (Å²) in [5, 5.41) is 0. The van der Waals surface area contributed by atoms with E-state index in [2.05, 4.69) is 27.2 Å². The van der Waals surface area contributed by atoms with Gasteiger partial charge in [0.2, 0.25) is 0 Å². The van der Waals surface area contributed by atoms with E-state index in [1.807, 2.05) is 0 Å². The molecule has 0 aromatic carbocycles. The second kappa shape index (κ2) is 33500. The van der Waals surface area contributed by atoms with Crippen LogP contribution in [0.3, 0.4) is 0 Å². The first-order valence-electron chi connectivity index (χ1n) is 0.816. The fourth-order valence-electron chi connectivity index (χ4n) is 0. The molecule has 9 radical (unpaired) electrons. The molecule has 61 valence electrons. The molecule has 0 fully saturated rings. The first-order valence-corrected chi connectivity index (χ1v) is 0.816. The van der Waals surface area contributed by atoms with E-state index in [9.17, 15) is 0 Å². The zero-order valence-corrected chi connectivity index (χ0v) is 9.12.